The Labute approximate surface area is 132 Å². The highest BCUT2D eigenvalue weighted by Crippen LogP contribution is 2.26. The summed E-state index contributed by atoms with van der Waals surface area (Å²) in [5.41, 5.74) is 1.22. The molecular weight excluding hydrogens is 300 g/mol. The number of carbonyl (C=O) groups is 2. The zero-order valence-electron chi connectivity index (χ0n) is 12.9. The number of anilines is 1. The lowest BCUT2D eigenvalue weighted by molar-refractivity contribution is -0.136. The fourth-order valence-electron chi connectivity index (χ4n) is 1.96. The Morgan fingerprint density at radius 2 is 2.04 bits per heavy atom. The van der Waals surface area contributed by atoms with Crippen LogP contribution < -0.4 is 10.6 Å². The predicted octanol–water partition coefficient (Wildman–Crippen LogP) is 1.52. The molecule has 1 aromatic carbocycles. The summed E-state index contributed by atoms with van der Waals surface area (Å²) in [6.45, 7) is 3.95. The number of carbonyl (C=O) groups excluding carboxylic acids is 1. The molecule has 0 radical (unpaired) electrons. The van der Waals surface area contributed by atoms with E-state index < -0.39 is 12.0 Å². The standard InChI is InChI=1S/C14H18N6O3/c1-9(2)20-13(17-18-19-20)10-5-3-4-6-11(10)16-14(23)15-8-7-12(21)22/h3-6,9H,7-8H2,1-2H3,(H,21,22)(H2,15,16,23). The maximum atomic E-state index is 11.9. The largest absolute Gasteiger partial charge is 0.481 e. The molecule has 0 atom stereocenters. The van der Waals surface area contributed by atoms with Crippen molar-refractivity contribution in [3.05, 3.63) is 24.3 Å². The van der Waals surface area contributed by atoms with Crippen molar-refractivity contribution in [3.63, 3.8) is 0 Å². The van der Waals surface area contributed by atoms with E-state index in [4.69, 9.17) is 5.11 Å². The predicted molar refractivity (Wildman–Crippen MR) is 82.9 cm³/mol. The second-order valence-corrected chi connectivity index (χ2v) is 5.11. The van der Waals surface area contributed by atoms with E-state index in [1.807, 2.05) is 19.9 Å². The smallest absolute Gasteiger partial charge is 0.319 e. The highest BCUT2D eigenvalue weighted by molar-refractivity contribution is 5.93. The van der Waals surface area contributed by atoms with Gasteiger partial charge in [-0.25, -0.2) is 9.48 Å². The van der Waals surface area contributed by atoms with Gasteiger partial charge in [-0.05, 0) is 36.4 Å². The van der Waals surface area contributed by atoms with Crippen LogP contribution in [0.3, 0.4) is 0 Å². The molecule has 1 aromatic heterocycles. The average molecular weight is 318 g/mol. The molecular formula is C14H18N6O3. The zero-order chi connectivity index (χ0) is 16.8. The van der Waals surface area contributed by atoms with Crippen molar-refractivity contribution in [3.8, 4) is 11.4 Å². The molecule has 2 amide bonds. The third-order valence-electron chi connectivity index (χ3n) is 3.02. The number of hydrogen-bond acceptors (Lipinski definition) is 5. The number of carboxylic acid groups (broad SMARTS) is 1. The highest BCUT2D eigenvalue weighted by atomic mass is 16.4. The number of para-hydroxylation sites is 1. The minimum absolute atomic E-state index is 0.0487. The normalized spacial score (nSPS) is 10.6. The van der Waals surface area contributed by atoms with Crippen LogP contribution in [0, 0.1) is 0 Å². The van der Waals surface area contributed by atoms with E-state index in [1.165, 1.54) is 0 Å². The Hall–Kier alpha value is -2.97. The molecule has 3 N–H and O–H groups in total. The van der Waals surface area contributed by atoms with Gasteiger partial charge in [0.1, 0.15) is 0 Å². The molecule has 9 heteroatoms. The zero-order valence-corrected chi connectivity index (χ0v) is 12.9. The molecule has 1 heterocycles. The summed E-state index contributed by atoms with van der Waals surface area (Å²) in [4.78, 5) is 22.3. The van der Waals surface area contributed by atoms with E-state index in [1.54, 1.807) is 22.9 Å². The Morgan fingerprint density at radius 1 is 1.30 bits per heavy atom. The minimum atomic E-state index is -0.971. The highest BCUT2D eigenvalue weighted by Gasteiger charge is 2.16. The van der Waals surface area contributed by atoms with E-state index in [9.17, 15) is 9.59 Å². The Kier molecular flexibility index (Phi) is 5.23. The second kappa shape index (κ2) is 7.34. The van der Waals surface area contributed by atoms with Crippen molar-refractivity contribution < 1.29 is 14.7 Å². The molecule has 122 valence electrons. The van der Waals surface area contributed by atoms with Gasteiger partial charge in [0.05, 0.1) is 18.2 Å². The fraction of sp³-hybridized carbons (Fsp3) is 0.357. The minimum Gasteiger partial charge on any atom is -0.481 e. The second-order valence-electron chi connectivity index (χ2n) is 5.11. The maximum absolute atomic E-state index is 11.9. The topological polar surface area (TPSA) is 122 Å². The van der Waals surface area contributed by atoms with Gasteiger partial charge in [-0.15, -0.1) is 5.10 Å². The maximum Gasteiger partial charge on any atom is 0.319 e. The van der Waals surface area contributed by atoms with Crippen molar-refractivity contribution in [2.45, 2.75) is 26.3 Å². The van der Waals surface area contributed by atoms with Gasteiger partial charge >= 0.3 is 12.0 Å². The molecule has 2 aromatic rings. The number of urea groups is 1. The van der Waals surface area contributed by atoms with Crippen LogP contribution in [0.1, 0.15) is 26.3 Å². The van der Waals surface area contributed by atoms with E-state index in [-0.39, 0.29) is 19.0 Å². The number of rotatable bonds is 6. The molecule has 0 bridgehead atoms. The van der Waals surface area contributed by atoms with Crippen LogP contribution in [0.4, 0.5) is 10.5 Å². The third-order valence-corrected chi connectivity index (χ3v) is 3.02. The summed E-state index contributed by atoms with van der Waals surface area (Å²) in [5.74, 6) is -0.428. The van der Waals surface area contributed by atoms with Crippen LogP contribution in [0.2, 0.25) is 0 Å². The van der Waals surface area contributed by atoms with E-state index in [2.05, 4.69) is 26.2 Å². The van der Waals surface area contributed by atoms with Crippen LogP contribution in [-0.4, -0.2) is 43.9 Å². The van der Waals surface area contributed by atoms with Gasteiger partial charge in [-0.3, -0.25) is 4.79 Å². The molecule has 2 rings (SSSR count). The van der Waals surface area contributed by atoms with Crippen LogP contribution in [0.5, 0.6) is 0 Å². The molecule has 0 aliphatic carbocycles. The summed E-state index contributed by atoms with van der Waals surface area (Å²) >= 11 is 0. The molecule has 0 saturated heterocycles. The third kappa shape index (κ3) is 4.25. The molecule has 23 heavy (non-hydrogen) atoms. The molecule has 0 aliphatic heterocycles. The summed E-state index contributed by atoms with van der Waals surface area (Å²) in [5, 5.41) is 25.4. The Balaban J connectivity index is 2.16. The summed E-state index contributed by atoms with van der Waals surface area (Å²) in [7, 11) is 0. The van der Waals surface area contributed by atoms with Crippen LogP contribution in [0.15, 0.2) is 24.3 Å². The number of aromatic nitrogens is 4. The molecule has 9 nitrogen and oxygen atoms in total. The van der Waals surface area contributed by atoms with Gasteiger partial charge < -0.3 is 15.7 Å². The number of tetrazole rings is 1. The molecule has 0 spiro atoms. The Bertz CT molecular complexity index is 697. The quantitative estimate of drug-likeness (QED) is 0.742. The number of aliphatic carboxylic acids is 1. The van der Waals surface area contributed by atoms with Crippen molar-refractivity contribution in [1.82, 2.24) is 25.5 Å². The number of nitrogens with zero attached hydrogens (tertiary/aromatic N) is 4. The first kappa shape index (κ1) is 16.4. The number of carboxylic acids is 1. The van der Waals surface area contributed by atoms with E-state index in [0.29, 0.717) is 17.1 Å². The van der Waals surface area contributed by atoms with Crippen molar-refractivity contribution in [2.24, 2.45) is 0 Å². The van der Waals surface area contributed by atoms with Crippen molar-refractivity contribution in [2.75, 3.05) is 11.9 Å². The fourth-order valence-corrected chi connectivity index (χ4v) is 1.96. The number of benzene rings is 1. The first-order valence-corrected chi connectivity index (χ1v) is 7.13. The number of nitrogens with one attached hydrogen (secondary N) is 2. The first-order chi connectivity index (χ1) is 11.0. The van der Waals surface area contributed by atoms with Gasteiger partial charge in [0.2, 0.25) is 0 Å². The van der Waals surface area contributed by atoms with Gasteiger partial charge in [0.25, 0.3) is 0 Å². The summed E-state index contributed by atoms with van der Waals surface area (Å²) in [6.07, 6.45) is -0.138. The number of hydrogen-bond donors (Lipinski definition) is 3. The van der Waals surface area contributed by atoms with E-state index >= 15 is 0 Å². The lowest BCUT2D eigenvalue weighted by atomic mass is 10.1. The van der Waals surface area contributed by atoms with Crippen molar-refractivity contribution >= 4 is 17.7 Å². The van der Waals surface area contributed by atoms with Gasteiger partial charge in [-0.2, -0.15) is 0 Å². The SMILES string of the molecule is CC(C)n1nnnc1-c1ccccc1NC(=O)NCCC(=O)O. The first-order valence-electron chi connectivity index (χ1n) is 7.13. The summed E-state index contributed by atoms with van der Waals surface area (Å²) in [6, 6.07) is 6.71. The van der Waals surface area contributed by atoms with E-state index in [0.717, 1.165) is 0 Å². The molecule has 0 fully saturated rings. The molecule has 0 aliphatic rings. The van der Waals surface area contributed by atoms with Crippen LogP contribution >= 0.6 is 0 Å². The lowest BCUT2D eigenvalue weighted by Gasteiger charge is -2.13. The Morgan fingerprint density at radius 3 is 2.74 bits per heavy atom. The van der Waals surface area contributed by atoms with Gasteiger partial charge in [-0.1, -0.05) is 12.1 Å². The summed E-state index contributed by atoms with van der Waals surface area (Å²) < 4.78 is 1.66. The van der Waals surface area contributed by atoms with Gasteiger partial charge in [0, 0.05) is 12.1 Å². The van der Waals surface area contributed by atoms with Crippen molar-refractivity contribution in [1.29, 1.82) is 0 Å². The van der Waals surface area contributed by atoms with Gasteiger partial charge in [0.15, 0.2) is 5.82 Å². The van der Waals surface area contributed by atoms with Crippen LogP contribution in [0.25, 0.3) is 11.4 Å². The molecule has 0 unspecified atom stereocenters. The number of amides is 2. The lowest BCUT2D eigenvalue weighted by Crippen LogP contribution is -2.30. The molecule has 0 saturated carbocycles. The average Bonchev–Trinajstić information content (AvgIpc) is 2.97. The van der Waals surface area contributed by atoms with Crippen LogP contribution in [-0.2, 0) is 4.79 Å². The monoisotopic (exact) mass is 318 g/mol.